The first-order valence-corrected chi connectivity index (χ1v) is 8.02. The van der Waals surface area contributed by atoms with E-state index < -0.39 is 0 Å². The highest BCUT2D eigenvalue weighted by Gasteiger charge is 2.08. The van der Waals surface area contributed by atoms with Gasteiger partial charge in [0.15, 0.2) is 0 Å². The molecule has 0 aliphatic heterocycles. The zero-order valence-electron chi connectivity index (χ0n) is 11.5. The maximum Gasteiger partial charge on any atom is 0.203 e. The minimum absolute atomic E-state index is 0.568. The van der Waals surface area contributed by atoms with E-state index in [1.54, 1.807) is 18.3 Å². The molecule has 22 heavy (non-hydrogen) atoms. The van der Waals surface area contributed by atoms with Crippen molar-refractivity contribution in [3.63, 3.8) is 0 Å². The van der Waals surface area contributed by atoms with Crippen LogP contribution in [-0.2, 0) is 0 Å². The van der Waals surface area contributed by atoms with E-state index in [0.29, 0.717) is 20.9 Å². The normalized spacial score (nSPS) is 11.2. The largest absolute Gasteiger partial charge is 0.460 e. The number of aromatic nitrogens is 1. The minimum Gasteiger partial charge on any atom is -0.460 e. The number of furan rings is 1. The van der Waals surface area contributed by atoms with Crippen molar-refractivity contribution < 1.29 is 4.42 Å². The van der Waals surface area contributed by atoms with Gasteiger partial charge >= 0.3 is 0 Å². The van der Waals surface area contributed by atoms with E-state index in [2.05, 4.69) is 15.5 Å². The second-order valence-corrected chi connectivity index (χ2v) is 6.18. The molecule has 3 rings (SSSR count). The summed E-state index contributed by atoms with van der Waals surface area (Å²) in [5, 5.41) is 7.83. The predicted octanol–water partition coefficient (Wildman–Crippen LogP) is 5.46. The molecule has 2 heterocycles. The molecule has 0 radical (unpaired) electrons. The molecule has 0 aliphatic carbocycles. The number of hydrazone groups is 1. The third kappa shape index (κ3) is 3.50. The van der Waals surface area contributed by atoms with Gasteiger partial charge in [0.25, 0.3) is 0 Å². The lowest BCUT2D eigenvalue weighted by atomic mass is 10.2. The first-order valence-electron chi connectivity index (χ1n) is 6.38. The molecule has 112 valence electrons. The summed E-state index contributed by atoms with van der Waals surface area (Å²) in [5.41, 5.74) is 4.48. The van der Waals surface area contributed by atoms with E-state index in [1.807, 2.05) is 30.5 Å². The predicted molar refractivity (Wildman–Crippen MR) is 92.2 cm³/mol. The fourth-order valence-corrected chi connectivity index (χ4v) is 2.98. The molecule has 0 amide bonds. The Hall–Kier alpha value is -1.82. The molecular formula is C15H11Cl2N3OS. The number of halogens is 2. The molecule has 1 aromatic carbocycles. The highest BCUT2D eigenvalue weighted by Crippen LogP contribution is 2.32. The molecule has 0 saturated carbocycles. The quantitative estimate of drug-likeness (QED) is 0.501. The van der Waals surface area contributed by atoms with Crippen molar-refractivity contribution in [2.45, 2.75) is 6.92 Å². The highest BCUT2D eigenvalue weighted by molar-refractivity contribution is 7.14. The molecule has 0 aliphatic rings. The molecule has 0 unspecified atom stereocenters. The van der Waals surface area contributed by atoms with Crippen LogP contribution in [0.25, 0.3) is 11.3 Å². The molecule has 3 aromatic rings. The summed E-state index contributed by atoms with van der Waals surface area (Å²) in [6.07, 6.45) is 1.60. The van der Waals surface area contributed by atoms with Gasteiger partial charge in [0.1, 0.15) is 11.5 Å². The number of hydrogen-bond acceptors (Lipinski definition) is 5. The number of anilines is 1. The van der Waals surface area contributed by atoms with Crippen molar-refractivity contribution in [3.05, 3.63) is 57.3 Å². The van der Waals surface area contributed by atoms with Crippen molar-refractivity contribution >= 4 is 45.9 Å². The van der Waals surface area contributed by atoms with E-state index >= 15 is 0 Å². The molecular weight excluding hydrogens is 341 g/mol. The third-order valence-electron chi connectivity index (χ3n) is 2.82. The van der Waals surface area contributed by atoms with Gasteiger partial charge in [0.05, 0.1) is 16.9 Å². The average molecular weight is 352 g/mol. The monoisotopic (exact) mass is 351 g/mol. The third-order valence-corrected chi connectivity index (χ3v) is 4.12. The summed E-state index contributed by atoms with van der Waals surface area (Å²) in [4.78, 5) is 4.44. The smallest absolute Gasteiger partial charge is 0.203 e. The summed E-state index contributed by atoms with van der Waals surface area (Å²) in [5.74, 6) is 1.53. The maximum atomic E-state index is 6.18. The van der Waals surface area contributed by atoms with E-state index in [0.717, 1.165) is 17.0 Å². The van der Waals surface area contributed by atoms with Crippen LogP contribution in [0.3, 0.4) is 0 Å². The molecule has 1 N–H and O–H groups in total. The molecule has 0 bridgehead atoms. The molecule has 2 aromatic heterocycles. The lowest BCUT2D eigenvalue weighted by Crippen LogP contribution is -1.89. The Morgan fingerprint density at radius 3 is 2.86 bits per heavy atom. The Labute approximate surface area is 141 Å². The molecule has 7 heteroatoms. The van der Waals surface area contributed by atoms with Crippen LogP contribution in [-0.4, -0.2) is 11.2 Å². The molecule has 0 saturated heterocycles. The van der Waals surface area contributed by atoms with Crippen LogP contribution in [0.4, 0.5) is 5.13 Å². The number of aryl methyl sites for hydroxylation is 1. The number of nitrogens with zero attached hydrogens (tertiary/aromatic N) is 2. The second kappa shape index (κ2) is 6.52. The Balaban J connectivity index is 1.72. The SMILES string of the molecule is Cc1ccc(/C=N\Nc2nc(-c3ccc(Cl)cc3Cl)cs2)o1. The van der Waals surface area contributed by atoms with Gasteiger partial charge in [-0.3, -0.25) is 5.43 Å². The summed E-state index contributed by atoms with van der Waals surface area (Å²) >= 11 is 13.5. The van der Waals surface area contributed by atoms with Crippen LogP contribution in [0, 0.1) is 6.92 Å². The van der Waals surface area contributed by atoms with Gasteiger partial charge in [-0.2, -0.15) is 5.10 Å². The lowest BCUT2D eigenvalue weighted by molar-refractivity contribution is 0.528. The van der Waals surface area contributed by atoms with Crippen molar-refractivity contribution in [2.24, 2.45) is 5.10 Å². The van der Waals surface area contributed by atoms with Gasteiger partial charge in [-0.05, 0) is 37.3 Å². The molecule has 4 nitrogen and oxygen atoms in total. The van der Waals surface area contributed by atoms with E-state index in [4.69, 9.17) is 27.6 Å². The van der Waals surface area contributed by atoms with Gasteiger partial charge in [0, 0.05) is 16.0 Å². The van der Waals surface area contributed by atoms with Crippen LogP contribution >= 0.6 is 34.5 Å². The average Bonchev–Trinajstić information content (AvgIpc) is 3.08. The summed E-state index contributed by atoms with van der Waals surface area (Å²) in [7, 11) is 0. The molecule has 0 atom stereocenters. The van der Waals surface area contributed by atoms with Crippen LogP contribution in [0.5, 0.6) is 0 Å². The standard InChI is InChI=1S/C15H11Cl2N3OS/c1-9-2-4-11(21-9)7-18-20-15-19-14(8-22-15)12-5-3-10(16)6-13(12)17/h2-8H,1H3,(H,19,20)/b18-7-. The first-order chi connectivity index (χ1) is 10.6. The van der Waals surface area contributed by atoms with Crippen LogP contribution in [0.1, 0.15) is 11.5 Å². The van der Waals surface area contributed by atoms with Crippen LogP contribution < -0.4 is 5.43 Å². The summed E-state index contributed by atoms with van der Waals surface area (Å²) < 4.78 is 5.39. The number of benzene rings is 1. The fraction of sp³-hybridized carbons (Fsp3) is 0.0667. The van der Waals surface area contributed by atoms with Crippen LogP contribution in [0.2, 0.25) is 10.0 Å². The Bertz CT molecular complexity index is 826. The Morgan fingerprint density at radius 1 is 1.27 bits per heavy atom. The van der Waals surface area contributed by atoms with E-state index in [9.17, 15) is 0 Å². The first kappa shape index (κ1) is 15.1. The van der Waals surface area contributed by atoms with Gasteiger partial charge in [-0.25, -0.2) is 4.98 Å². The van der Waals surface area contributed by atoms with Crippen molar-refractivity contribution in [1.29, 1.82) is 0 Å². The van der Waals surface area contributed by atoms with Gasteiger partial charge in [-0.15, -0.1) is 11.3 Å². The number of hydrogen-bond donors (Lipinski definition) is 1. The van der Waals surface area contributed by atoms with Crippen molar-refractivity contribution in [2.75, 3.05) is 5.43 Å². The zero-order valence-corrected chi connectivity index (χ0v) is 13.8. The van der Waals surface area contributed by atoms with Crippen molar-refractivity contribution in [1.82, 2.24) is 4.98 Å². The number of thiazole rings is 1. The minimum atomic E-state index is 0.568. The molecule has 0 spiro atoms. The Morgan fingerprint density at radius 2 is 2.14 bits per heavy atom. The molecule has 0 fully saturated rings. The van der Waals surface area contributed by atoms with Gasteiger partial charge in [-0.1, -0.05) is 23.2 Å². The lowest BCUT2D eigenvalue weighted by Gasteiger charge is -2.00. The maximum absolute atomic E-state index is 6.18. The second-order valence-electron chi connectivity index (χ2n) is 4.48. The fourth-order valence-electron chi connectivity index (χ4n) is 1.82. The van der Waals surface area contributed by atoms with E-state index in [1.165, 1.54) is 11.3 Å². The summed E-state index contributed by atoms with van der Waals surface area (Å²) in [6, 6.07) is 9.06. The van der Waals surface area contributed by atoms with Crippen molar-refractivity contribution in [3.8, 4) is 11.3 Å². The zero-order chi connectivity index (χ0) is 15.5. The van der Waals surface area contributed by atoms with Crippen LogP contribution in [0.15, 0.2) is 45.2 Å². The summed E-state index contributed by atoms with van der Waals surface area (Å²) in [6.45, 7) is 1.88. The van der Waals surface area contributed by atoms with Gasteiger partial charge < -0.3 is 4.42 Å². The number of nitrogens with one attached hydrogen (secondary N) is 1. The van der Waals surface area contributed by atoms with Gasteiger partial charge in [0.2, 0.25) is 5.13 Å². The van der Waals surface area contributed by atoms with E-state index in [-0.39, 0.29) is 0 Å². The highest BCUT2D eigenvalue weighted by atomic mass is 35.5. The number of rotatable bonds is 4. The topological polar surface area (TPSA) is 50.4 Å². The Kier molecular flexibility index (Phi) is 4.47.